The molecule has 1 aromatic rings. The van der Waals surface area contributed by atoms with Gasteiger partial charge in [-0.25, -0.2) is 0 Å². The summed E-state index contributed by atoms with van der Waals surface area (Å²) in [5.41, 5.74) is 3.01. The molecule has 1 aromatic carbocycles. The third-order valence-corrected chi connectivity index (χ3v) is 3.16. The van der Waals surface area contributed by atoms with E-state index in [0.29, 0.717) is 0 Å². The molecule has 0 aromatic heterocycles. The minimum absolute atomic E-state index is 0.834. The second-order valence-corrected chi connectivity index (χ2v) is 4.44. The van der Waals surface area contributed by atoms with Crippen LogP contribution in [-0.2, 0) is 12.8 Å². The van der Waals surface area contributed by atoms with E-state index in [1.54, 1.807) is 0 Å². The molecular formula is C14H21NO. The van der Waals surface area contributed by atoms with Gasteiger partial charge in [-0.2, -0.15) is 0 Å². The fraction of sp³-hybridized carbons (Fsp3) is 0.571. The normalized spacial score (nSPS) is 13.8. The predicted octanol–water partition coefficient (Wildman–Crippen LogP) is 2.55. The van der Waals surface area contributed by atoms with Crippen molar-refractivity contribution in [3.05, 3.63) is 29.3 Å². The molecular weight excluding hydrogens is 198 g/mol. The van der Waals surface area contributed by atoms with Crippen molar-refractivity contribution >= 4 is 0 Å². The summed E-state index contributed by atoms with van der Waals surface area (Å²) in [6.45, 7) is 1.91. The molecule has 0 amide bonds. The van der Waals surface area contributed by atoms with Gasteiger partial charge in [-0.3, -0.25) is 0 Å². The van der Waals surface area contributed by atoms with Crippen LogP contribution in [0.1, 0.15) is 30.4 Å². The number of benzene rings is 1. The zero-order valence-corrected chi connectivity index (χ0v) is 10.1. The van der Waals surface area contributed by atoms with Gasteiger partial charge in [0.15, 0.2) is 0 Å². The van der Waals surface area contributed by atoms with Crippen LogP contribution in [0.2, 0.25) is 0 Å². The first-order valence-corrected chi connectivity index (χ1v) is 6.29. The molecule has 88 valence electrons. The summed E-state index contributed by atoms with van der Waals surface area (Å²) in [7, 11) is 1.99. The first kappa shape index (κ1) is 11.5. The van der Waals surface area contributed by atoms with E-state index in [0.717, 1.165) is 25.3 Å². The molecule has 0 aliphatic heterocycles. The third-order valence-electron chi connectivity index (χ3n) is 3.16. The van der Waals surface area contributed by atoms with Gasteiger partial charge in [-0.05, 0) is 69.0 Å². The number of hydrogen-bond donors (Lipinski definition) is 1. The zero-order valence-electron chi connectivity index (χ0n) is 10.1. The standard InChI is InChI=1S/C14H21NO/c1-15-9-2-3-10-16-14-8-7-12-5-4-6-13(12)11-14/h7-8,11,15H,2-6,9-10H2,1H3. The van der Waals surface area contributed by atoms with Crippen LogP contribution in [0.5, 0.6) is 5.75 Å². The number of aryl methyl sites for hydroxylation is 2. The van der Waals surface area contributed by atoms with Crippen molar-refractivity contribution in [2.24, 2.45) is 0 Å². The lowest BCUT2D eigenvalue weighted by molar-refractivity contribution is 0.306. The Hall–Kier alpha value is -1.02. The highest BCUT2D eigenvalue weighted by Crippen LogP contribution is 2.25. The maximum Gasteiger partial charge on any atom is 0.119 e. The summed E-state index contributed by atoms with van der Waals surface area (Å²) in [4.78, 5) is 0. The molecule has 0 bridgehead atoms. The Labute approximate surface area is 98.0 Å². The van der Waals surface area contributed by atoms with Crippen molar-refractivity contribution in [3.8, 4) is 5.75 Å². The highest BCUT2D eigenvalue weighted by Gasteiger charge is 2.10. The topological polar surface area (TPSA) is 21.3 Å². The zero-order chi connectivity index (χ0) is 11.2. The number of unbranched alkanes of at least 4 members (excludes halogenated alkanes) is 1. The summed E-state index contributed by atoms with van der Waals surface area (Å²) in [5.74, 6) is 1.05. The molecule has 16 heavy (non-hydrogen) atoms. The van der Waals surface area contributed by atoms with Crippen LogP contribution >= 0.6 is 0 Å². The van der Waals surface area contributed by atoms with Gasteiger partial charge >= 0.3 is 0 Å². The molecule has 0 fully saturated rings. The van der Waals surface area contributed by atoms with Crippen molar-refractivity contribution in [1.29, 1.82) is 0 Å². The molecule has 0 saturated heterocycles. The maximum absolute atomic E-state index is 5.75. The van der Waals surface area contributed by atoms with Gasteiger partial charge in [0, 0.05) is 0 Å². The van der Waals surface area contributed by atoms with Gasteiger partial charge in [0.05, 0.1) is 6.61 Å². The Morgan fingerprint density at radius 2 is 2.06 bits per heavy atom. The minimum Gasteiger partial charge on any atom is -0.494 e. The molecule has 2 heteroatoms. The van der Waals surface area contributed by atoms with Gasteiger partial charge in [-0.15, -0.1) is 0 Å². The van der Waals surface area contributed by atoms with Crippen LogP contribution in [0.25, 0.3) is 0 Å². The molecule has 1 N–H and O–H groups in total. The number of hydrogen-bond acceptors (Lipinski definition) is 2. The van der Waals surface area contributed by atoms with Crippen LogP contribution in [0, 0.1) is 0 Å². The largest absolute Gasteiger partial charge is 0.494 e. The summed E-state index contributed by atoms with van der Waals surface area (Å²) >= 11 is 0. The van der Waals surface area contributed by atoms with E-state index in [4.69, 9.17) is 4.74 Å². The molecule has 2 nitrogen and oxygen atoms in total. The second kappa shape index (κ2) is 5.90. The Morgan fingerprint density at radius 3 is 2.94 bits per heavy atom. The molecule has 0 heterocycles. The van der Waals surface area contributed by atoms with Crippen LogP contribution in [-0.4, -0.2) is 20.2 Å². The van der Waals surface area contributed by atoms with Gasteiger partial charge in [-0.1, -0.05) is 6.07 Å². The smallest absolute Gasteiger partial charge is 0.119 e. The van der Waals surface area contributed by atoms with E-state index in [-0.39, 0.29) is 0 Å². The summed E-state index contributed by atoms with van der Waals surface area (Å²) < 4.78 is 5.75. The van der Waals surface area contributed by atoms with E-state index in [2.05, 4.69) is 23.5 Å². The maximum atomic E-state index is 5.75. The van der Waals surface area contributed by atoms with Crippen molar-refractivity contribution in [3.63, 3.8) is 0 Å². The summed E-state index contributed by atoms with van der Waals surface area (Å²) in [6, 6.07) is 6.56. The Bertz CT molecular complexity index is 336. The van der Waals surface area contributed by atoms with E-state index in [1.807, 2.05) is 7.05 Å². The highest BCUT2D eigenvalue weighted by molar-refractivity contribution is 5.38. The van der Waals surface area contributed by atoms with Crippen molar-refractivity contribution in [2.75, 3.05) is 20.2 Å². The second-order valence-electron chi connectivity index (χ2n) is 4.44. The molecule has 1 aliphatic rings. The Kier molecular flexibility index (Phi) is 4.23. The Morgan fingerprint density at radius 1 is 1.19 bits per heavy atom. The number of nitrogens with one attached hydrogen (secondary N) is 1. The lowest BCUT2D eigenvalue weighted by atomic mass is 10.1. The van der Waals surface area contributed by atoms with Crippen LogP contribution in [0.3, 0.4) is 0 Å². The summed E-state index contributed by atoms with van der Waals surface area (Å²) in [5, 5.41) is 3.14. The quantitative estimate of drug-likeness (QED) is 0.742. The van der Waals surface area contributed by atoms with Crippen molar-refractivity contribution < 1.29 is 4.74 Å². The third kappa shape index (κ3) is 2.99. The molecule has 0 saturated carbocycles. The minimum atomic E-state index is 0.834. The first-order valence-electron chi connectivity index (χ1n) is 6.29. The average molecular weight is 219 g/mol. The Balaban J connectivity index is 1.77. The number of ether oxygens (including phenoxy) is 1. The van der Waals surface area contributed by atoms with Crippen LogP contribution in [0.4, 0.5) is 0 Å². The van der Waals surface area contributed by atoms with Gasteiger partial charge in [0.1, 0.15) is 5.75 Å². The molecule has 0 unspecified atom stereocenters. The van der Waals surface area contributed by atoms with Gasteiger partial charge in [0.25, 0.3) is 0 Å². The monoisotopic (exact) mass is 219 g/mol. The predicted molar refractivity (Wildman–Crippen MR) is 67.1 cm³/mol. The first-order chi connectivity index (χ1) is 7.90. The van der Waals surface area contributed by atoms with E-state index in [1.165, 1.54) is 36.8 Å². The highest BCUT2D eigenvalue weighted by atomic mass is 16.5. The average Bonchev–Trinajstić information content (AvgIpc) is 2.76. The lowest BCUT2D eigenvalue weighted by Gasteiger charge is -2.07. The number of rotatable bonds is 6. The van der Waals surface area contributed by atoms with Crippen LogP contribution < -0.4 is 10.1 Å². The fourth-order valence-corrected chi connectivity index (χ4v) is 2.23. The SMILES string of the molecule is CNCCCCOc1ccc2c(c1)CCC2. The van der Waals surface area contributed by atoms with Crippen molar-refractivity contribution in [2.45, 2.75) is 32.1 Å². The van der Waals surface area contributed by atoms with Gasteiger partial charge < -0.3 is 10.1 Å². The molecule has 0 spiro atoms. The molecule has 1 aliphatic carbocycles. The molecule has 2 rings (SSSR count). The van der Waals surface area contributed by atoms with Gasteiger partial charge in [0.2, 0.25) is 0 Å². The lowest BCUT2D eigenvalue weighted by Crippen LogP contribution is -2.09. The summed E-state index contributed by atoms with van der Waals surface area (Å²) in [6.07, 6.45) is 6.09. The van der Waals surface area contributed by atoms with Crippen molar-refractivity contribution in [1.82, 2.24) is 5.32 Å². The van der Waals surface area contributed by atoms with E-state index in [9.17, 15) is 0 Å². The number of fused-ring (bicyclic) bond motifs is 1. The van der Waals surface area contributed by atoms with E-state index < -0.39 is 0 Å². The molecule has 0 atom stereocenters. The fourth-order valence-electron chi connectivity index (χ4n) is 2.23. The van der Waals surface area contributed by atoms with Crippen LogP contribution in [0.15, 0.2) is 18.2 Å². The molecule has 0 radical (unpaired) electrons. The van der Waals surface area contributed by atoms with E-state index >= 15 is 0 Å².